The molecule has 19 heavy (non-hydrogen) atoms. The first-order valence-corrected chi connectivity index (χ1v) is 6.19. The fraction of sp³-hybridized carbons (Fsp3) is 0.0769. The molecule has 0 aliphatic heterocycles. The Morgan fingerprint density at radius 2 is 1.84 bits per heavy atom. The van der Waals surface area contributed by atoms with Crippen molar-refractivity contribution in [3.8, 4) is 0 Å². The van der Waals surface area contributed by atoms with Gasteiger partial charge in [0.15, 0.2) is 0 Å². The summed E-state index contributed by atoms with van der Waals surface area (Å²) in [6.45, 7) is 1.70. The van der Waals surface area contributed by atoms with Crippen molar-refractivity contribution in [2.75, 3.05) is 5.32 Å². The van der Waals surface area contributed by atoms with Crippen molar-refractivity contribution >= 4 is 34.8 Å². The van der Waals surface area contributed by atoms with E-state index in [9.17, 15) is 9.59 Å². The fourth-order valence-corrected chi connectivity index (χ4v) is 2.11. The van der Waals surface area contributed by atoms with Crippen molar-refractivity contribution in [1.82, 2.24) is 4.98 Å². The van der Waals surface area contributed by atoms with Gasteiger partial charge in [0.2, 0.25) is 5.56 Å². The molecule has 0 atom stereocenters. The molecule has 0 saturated carbocycles. The van der Waals surface area contributed by atoms with Gasteiger partial charge in [0.1, 0.15) is 0 Å². The monoisotopic (exact) mass is 296 g/mol. The average Bonchev–Trinajstić information content (AvgIpc) is 2.32. The fourth-order valence-electron chi connectivity index (χ4n) is 1.62. The zero-order chi connectivity index (χ0) is 14.0. The van der Waals surface area contributed by atoms with E-state index in [1.165, 1.54) is 6.07 Å². The minimum atomic E-state index is -0.441. The summed E-state index contributed by atoms with van der Waals surface area (Å²) in [7, 11) is 0. The van der Waals surface area contributed by atoms with Crippen LogP contribution in [0.25, 0.3) is 0 Å². The quantitative estimate of drug-likeness (QED) is 0.894. The molecule has 0 aliphatic carbocycles. The molecule has 6 heteroatoms. The van der Waals surface area contributed by atoms with Crippen LogP contribution in [0.2, 0.25) is 10.0 Å². The molecular weight excluding hydrogens is 287 g/mol. The number of aryl methyl sites for hydroxylation is 1. The lowest BCUT2D eigenvalue weighted by atomic mass is 10.2. The van der Waals surface area contributed by atoms with Gasteiger partial charge in [-0.15, -0.1) is 0 Å². The van der Waals surface area contributed by atoms with E-state index in [2.05, 4.69) is 10.3 Å². The number of aromatic nitrogens is 1. The number of pyridine rings is 1. The standard InChI is InChI=1S/C13H10Cl2N2O2/c1-7-5-8(6-11(18)16-7)13(19)17-12-9(14)3-2-4-10(12)15/h2-6H,1H3,(H,16,18)(H,17,19). The highest BCUT2D eigenvalue weighted by Gasteiger charge is 2.12. The number of nitrogens with one attached hydrogen (secondary N) is 2. The van der Waals surface area contributed by atoms with Gasteiger partial charge in [0, 0.05) is 17.3 Å². The number of rotatable bonds is 2. The van der Waals surface area contributed by atoms with Gasteiger partial charge in [0.05, 0.1) is 15.7 Å². The van der Waals surface area contributed by atoms with E-state index in [-0.39, 0.29) is 11.1 Å². The lowest BCUT2D eigenvalue weighted by Gasteiger charge is -2.09. The second kappa shape index (κ2) is 5.47. The zero-order valence-electron chi connectivity index (χ0n) is 9.96. The van der Waals surface area contributed by atoms with Crippen LogP contribution < -0.4 is 10.9 Å². The maximum absolute atomic E-state index is 12.0. The summed E-state index contributed by atoms with van der Waals surface area (Å²) in [4.78, 5) is 25.9. The summed E-state index contributed by atoms with van der Waals surface area (Å²) < 4.78 is 0. The maximum atomic E-state index is 12.0. The number of halogens is 2. The Morgan fingerprint density at radius 1 is 1.21 bits per heavy atom. The van der Waals surface area contributed by atoms with E-state index in [1.807, 2.05) is 0 Å². The van der Waals surface area contributed by atoms with Gasteiger partial charge in [-0.05, 0) is 25.1 Å². The summed E-state index contributed by atoms with van der Waals surface area (Å²) >= 11 is 11.9. The second-order valence-electron chi connectivity index (χ2n) is 3.97. The van der Waals surface area contributed by atoms with Crippen LogP contribution in [0, 0.1) is 6.92 Å². The molecule has 1 aromatic heterocycles. The Balaban J connectivity index is 2.33. The summed E-state index contributed by atoms with van der Waals surface area (Å²) in [5, 5.41) is 3.26. The smallest absolute Gasteiger partial charge is 0.256 e. The van der Waals surface area contributed by atoms with Crippen LogP contribution in [-0.2, 0) is 0 Å². The van der Waals surface area contributed by atoms with Gasteiger partial charge in [-0.2, -0.15) is 0 Å². The normalized spacial score (nSPS) is 10.3. The van der Waals surface area contributed by atoms with Crippen LogP contribution >= 0.6 is 23.2 Å². The molecule has 0 saturated heterocycles. The van der Waals surface area contributed by atoms with E-state index in [4.69, 9.17) is 23.2 Å². The van der Waals surface area contributed by atoms with E-state index >= 15 is 0 Å². The number of amides is 1. The third-order valence-electron chi connectivity index (χ3n) is 2.44. The first kappa shape index (κ1) is 13.6. The lowest BCUT2D eigenvalue weighted by Crippen LogP contribution is -2.17. The Bertz CT molecular complexity index is 675. The number of anilines is 1. The van der Waals surface area contributed by atoms with Gasteiger partial charge in [-0.3, -0.25) is 9.59 Å². The van der Waals surface area contributed by atoms with E-state index < -0.39 is 5.91 Å². The predicted octanol–water partition coefficient (Wildman–Crippen LogP) is 3.24. The van der Waals surface area contributed by atoms with Crippen molar-refractivity contribution in [3.05, 3.63) is 62.0 Å². The largest absolute Gasteiger partial charge is 0.326 e. The summed E-state index contributed by atoms with van der Waals surface area (Å²) in [5.41, 5.74) is 0.837. The topological polar surface area (TPSA) is 62.0 Å². The van der Waals surface area contributed by atoms with Gasteiger partial charge in [-0.1, -0.05) is 29.3 Å². The Labute approximate surface area is 119 Å². The number of benzene rings is 1. The number of hydrogen-bond acceptors (Lipinski definition) is 2. The Hall–Kier alpha value is -1.78. The van der Waals surface area contributed by atoms with E-state index in [0.717, 1.165) is 0 Å². The Morgan fingerprint density at radius 3 is 2.42 bits per heavy atom. The van der Waals surface area contributed by atoms with Gasteiger partial charge < -0.3 is 10.3 Å². The molecule has 0 aliphatic rings. The highest BCUT2D eigenvalue weighted by Crippen LogP contribution is 2.30. The highest BCUT2D eigenvalue weighted by atomic mass is 35.5. The molecule has 1 aromatic carbocycles. The first-order chi connectivity index (χ1) is 8.97. The number of H-pyrrole nitrogens is 1. The minimum absolute atomic E-state index is 0.247. The van der Waals surface area contributed by atoms with Gasteiger partial charge in [0.25, 0.3) is 5.91 Å². The zero-order valence-corrected chi connectivity index (χ0v) is 11.5. The molecule has 2 N–H and O–H groups in total. The first-order valence-electron chi connectivity index (χ1n) is 5.43. The van der Waals surface area contributed by atoms with E-state index in [1.54, 1.807) is 31.2 Å². The second-order valence-corrected chi connectivity index (χ2v) is 4.78. The lowest BCUT2D eigenvalue weighted by molar-refractivity contribution is 0.102. The summed E-state index contributed by atoms with van der Waals surface area (Å²) in [6, 6.07) is 7.70. The molecule has 1 amide bonds. The average molecular weight is 297 g/mol. The van der Waals surface area contributed by atoms with Crippen LogP contribution in [-0.4, -0.2) is 10.9 Å². The van der Waals surface area contributed by atoms with Gasteiger partial charge >= 0.3 is 0 Å². The minimum Gasteiger partial charge on any atom is -0.326 e. The highest BCUT2D eigenvalue weighted by molar-refractivity contribution is 6.40. The number of hydrogen-bond donors (Lipinski definition) is 2. The summed E-state index contributed by atoms with van der Waals surface area (Å²) in [6.07, 6.45) is 0. The van der Waals surface area contributed by atoms with Crippen molar-refractivity contribution < 1.29 is 4.79 Å². The number of aromatic amines is 1. The molecule has 2 rings (SSSR count). The van der Waals surface area contributed by atoms with Crippen molar-refractivity contribution in [3.63, 3.8) is 0 Å². The van der Waals surface area contributed by atoms with Crippen LogP contribution in [0.15, 0.2) is 35.1 Å². The predicted molar refractivity (Wildman–Crippen MR) is 76.2 cm³/mol. The Kier molecular flexibility index (Phi) is 3.93. The third kappa shape index (κ3) is 3.16. The molecule has 0 radical (unpaired) electrons. The summed E-state index contributed by atoms with van der Waals surface area (Å²) in [5.74, 6) is -0.441. The molecule has 4 nitrogen and oxygen atoms in total. The number of para-hydroxylation sites is 1. The third-order valence-corrected chi connectivity index (χ3v) is 3.07. The molecule has 0 spiro atoms. The van der Waals surface area contributed by atoms with Crippen LogP contribution in [0.1, 0.15) is 16.1 Å². The molecule has 2 aromatic rings. The van der Waals surface area contributed by atoms with Crippen molar-refractivity contribution in [2.45, 2.75) is 6.92 Å². The molecule has 0 fully saturated rings. The van der Waals surface area contributed by atoms with Crippen LogP contribution in [0.5, 0.6) is 0 Å². The van der Waals surface area contributed by atoms with E-state index in [0.29, 0.717) is 21.4 Å². The molecule has 0 bridgehead atoms. The number of carbonyl (C=O) groups excluding carboxylic acids is 1. The number of carbonyl (C=O) groups is 1. The van der Waals surface area contributed by atoms with Crippen LogP contribution in [0.3, 0.4) is 0 Å². The van der Waals surface area contributed by atoms with Gasteiger partial charge in [-0.25, -0.2) is 0 Å². The molecular formula is C13H10Cl2N2O2. The van der Waals surface area contributed by atoms with Crippen molar-refractivity contribution in [2.24, 2.45) is 0 Å². The van der Waals surface area contributed by atoms with Crippen molar-refractivity contribution in [1.29, 1.82) is 0 Å². The maximum Gasteiger partial charge on any atom is 0.256 e. The molecule has 0 unspecified atom stereocenters. The molecule has 1 heterocycles. The van der Waals surface area contributed by atoms with Crippen LogP contribution in [0.4, 0.5) is 5.69 Å². The molecule has 98 valence electrons. The SMILES string of the molecule is Cc1cc(C(=O)Nc2c(Cl)cccc2Cl)cc(=O)[nH]1.